The molecule has 0 saturated carbocycles. The summed E-state index contributed by atoms with van der Waals surface area (Å²) >= 11 is 5.94. The summed E-state index contributed by atoms with van der Waals surface area (Å²) in [6, 6.07) is 11.7. The third kappa shape index (κ3) is 1.78. The third-order valence-electron chi connectivity index (χ3n) is 2.14. The van der Waals surface area contributed by atoms with E-state index in [0.29, 0.717) is 0 Å². The predicted octanol–water partition coefficient (Wildman–Crippen LogP) is 3.71. The van der Waals surface area contributed by atoms with Gasteiger partial charge in [0, 0.05) is 16.8 Å². The van der Waals surface area contributed by atoms with Crippen LogP contribution < -0.4 is 0 Å². The Morgan fingerprint density at radius 3 is 2.71 bits per heavy atom. The van der Waals surface area contributed by atoms with Gasteiger partial charge in [0.2, 0.25) is 0 Å². The Balaban J connectivity index is 2.57. The topological polar surface area (TPSA) is 12.9 Å². The first-order chi connectivity index (χ1) is 6.77. The van der Waals surface area contributed by atoms with E-state index in [1.54, 1.807) is 6.20 Å². The molecule has 1 heterocycles. The zero-order valence-electron chi connectivity index (χ0n) is 7.87. The quantitative estimate of drug-likeness (QED) is 0.689. The highest BCUT2D eigenvalue weighted by Gasteiger charge is 2.02. The molecule has 0 amide bonds. The molecule has 0 aliphatic rings. The van der Waals surface area contributed by atoms with Crippen LogP contribution in [0.5, 0.6) is 0 Å². The third-order valence-corrected chi connectivity index (χ3v) is 2.38. The molecule has 0 atom stereocenters. The fourth-order valence-corrected chi connectivity index (χ4v) is 1.56. The van der Waals surface area contributed by atoms with Crippen molar-refractivity contribution in [3.63, 3.8) is 0 Å². The van der Waals surface area contributed by atoms with Gasteiger partial charge in [0.05, 0.1) is 5.69 Å². The molecule has 0 N–H and O–H groups in total. The van der Waals surface area contributed by atoms with Crippen molar-refractivity contribution in [1.29, 1.82) is 0 Å². The van der Waals surface area contributed by atoms with E-state index < -0.39 is 0 Å². The lowest BCUT2D eigenvalue weighted by molar-refractivity contribution is 1.31. The van der Waals surface area contributed by atoms with Gasteiger partial charge in [0.1, 0.15) is 0 Å². The van der Waals surface area contributed by atoms with E-state index in [4.69, 9.17) is 11.6 Å². The SMILES string of the molecule is Cc1ccc(Cl)cc1-c1ccccn1. The molecular formula is C12H10ClN. The molecule has 0 fully saturated rings. The Labute approximate surface area is 88.4 Å². The minimum absolute atomic E-state index is 0.747. The van der Waals surface area contributed by atoms with Crippen LogP contribution >= 0.6 is 11.6 Å². The molecular weight excluding hydrogens is 194 g/mol. The second-order valence-corrected chi connectivity index (χ2v) is 3.61. The van der Waals surface area contributed by atoms with Crippen LogP contribution in [0.2, 0.25) is 5.02 Å². The summed E-state index contributed by atoms with van der Waals surface area (Å²) in [6.45, 7) is 2.06. The Hall–Kier alpha value is -1.34. The van der Waals surface area contributed by atoms with Crippen LogP contribution in [-0.2, 0) is 0 Å². The molecule has 70 valence electrons. The molecule has 2 heteroatoms. The van der Waals surface area contributed by atoms with E-state index in [1.807, 2.05) is 36.4 Å². The lowest BCUT2D eigenvalue weighted by Gasteiger charge is -2.04. The summed E-state index contributed by atoms with van der Waals surface area (Å²) in [4.78, 5) is 4.29. The Bertz CT molecular complexity index is 437. The molecule has 0 aliphatic heterocycles. The number of pyridine rings is 1. The van der Waals surface area contributed by atoms with Gasteiger partial charge in [-0.1, -0.05) is 23.7 Å². The second-order valence-electron chi connectivity index (χ2n) is 3.17. The zero-order valence-corrected chi connectivity index (χ0v) is 8.62. The molecule has 0 saturated heterocycles. The predicted molar refractivity (Wildman–Crippen MR) is 59.4 cm³/mol. The monoisotopic (exact) mass is 203 g/mol. The molecule has 14 heavy (non-hydrogen) atoms. The van der Waals surface area contributed by atoms with Crippen molar-refractivity contribution >= 4 is 11.6 Å². The summed E-state index contributed by atoms with van der Waals surface area (Å²) < 4.78 is 0. The van der Waals surface area contributed by atoms with Crippen molar-refractivity contribution in [2.75, 3.05) is 0 Å². The number of hydrogen-bond donors (Lipinski definition) is 0. The van der Waals surface area contributed by atoms with Crippen LogP contribution in [0, 0.1) is 6.92 Å². The maximum absolute atomic E-state index is 5.94. The highest BCUT2D eigenvalue weighted by molar-refractivity contribution is 6.30. The minimum atomic E-state index is 0.747. The average molecular weight is 204 g/mol. The maximum atomic E-state index is 5.94. The van der Waals surface area contributed by atoms with Crippen molar-refractivity contribution in [2.45, 2.75) is 6.92 Å². The van der Waals surface area contributed by atoms with Gasteiger partial charge in [-0.15, -0.1) is 0 Å². The molecule has 2 rings (SSSR count). The summed E-state index contributed by atoms with van der Waals surface area (Å²) in [6.07, 6.45) is 1.79. The summed E-state index contributed by atoms with van der Waals surface area (Å²) in [5.41, 5.74) is 3.25. The van der Waals surface area contributed by atoms with Crippen LogP contribution in [0.3, 0.4) is 0 Å². The van der Waals surface area contributed by atoms with Crippen molar-refractivity contribution in [3.05, 3.63) is 53.2 Å². The number of benzene rings is 1. The fraction of sp³-hybridized carbons (Fsp3) is 0.0833. The van der Waals surface area contributed by atoms with Crippen molar-refractivity contribution < 1.29 is 0 Å². The lowest BCUT2D eigenvalue weighted by atomic mass is 10.1. The van der Waals surface area contributed by atoms with Gasteiger partial charge in [-0.3, -0.25) is 4.98 Å². The molecule has 1 aromatic carbocycles. The van der Waals surface area contributed by atoms with E-state index >= 15 is 0 Å². The van der Waals surface area contributed by atoms with Crippen molar-refractivity contribution in [1.82, 2.24) is 4.98 Å². The number of hydrogen-bond acceptors (Lipinski definition) is 1. The first-order valence-corrected chi connectivity index (χ1v) is 4.83. The van der Waals surface area contributed by atoms with Crippen LogP contribution in [0.4, 0.5) is 0 Å². The number of rotatable bonds is 1. The van der Waals surface area contributed by atoms with Crippen LogP contribution in [0.25, 0.3) is 11.3 Å². The molecule has 1 nitrogen and oxygen atoms in total. The van der Waals surface area contributed by atoms with Crippen LogP contribution in [-0.4, -0.2) is 4.98 Å². The summed E-state index contributed by atoms with van der Waals surface area (Å²) in [5, 5.41) is 0.747. The van der Waals surface area contributed by atoms with Gasteiger partial charge in [0.25, 0.3) is 0 Å². The summed E-state index contributed by atoms with van der Waals surface area (Å²) in [5.74, 6) is 0. The Morgan fingerprint density at radius 1 is 1.14 bits per heavy atom. The lowest BCUT2D eigenvalue weighted by Crippen LogP contribution is -1.85. The fourth-order valence-electron chi connectivity index (χ4n) is 1.39. The molecule has 0 bridgehead atoms. The van der Waals surface area contributed by atoms with Gasteiger partial charge < -0.3 is 0 Å². The number of aryl methyl sites for hydroxylation is 1. The summed E-state index contributed by atoms with van der Waals surface area (Å²) in [7, 11) is 0. The second kappa shape index (κ2) is 3.81. The number of aromatic nitrogens is 1. The largest absolute Gasteiger partial charge is 0.256 e. The van der Waals surface area contributed by atoms with Crippen molar-refractivity contribution in [2.24, 2.45) is 0 Å². The standard InChI is InChI=1S/C12H10ClN/c1-9-5-6-10(13)8-11(9)12-4-2-3-7-14-12/h2-8H,1H3. The molecule has 2 aromatic rings. The van der Waals surface area contributed by atoms with E-state index in [9.17, 15) is 0 Å². The van der Waals surface area contributed by atoms with Crippen LogP contribution in [0.1, 0.15) is 5.56 Å². The van der Waals surface area contributed by atoms with Gasteiger partial charge in [-0.05, 0) is 36.8 Å². The van der Waals surface area contributed by atoms with E-state index in [-0.39, 0.29) is 0 Å². The molecule has 0 unspecified atom stereocenters. The van der Waals surface area contributed by atoms with E-state index in [1.165, 1.54) is 5.56 Å². The number of nitrogens with zero attached hydrogens (tertiary/aromatic N) is 1. The molecule has 0 aliphatic carbocycles. The Morgan fingerprint density at radius 2 is 2.00 bits per heavy atom. The maximum Gasteiger partial charge on any atom is 0.0705 e. The van der Waals surface area contributed by atoms with Crippen molar-refractivity contribution in [3.8, 4) is 11.3 Å². The van der Waals surface area contributed by atoms with Gasteiger partial charge in [-0.25, -0.2) is 0 Å². The van der Waals surface area contributed by atoms with E-state index in [0.717, 1.165) is 16.3 Å². The first kappa shape index (κ1) is 9.22. The Kier molecular flexibility index (Phi) is 2.51. The van der Waals surface area contributed by atoms with Gasteiger partial charge in [-0.2, -0.15) is 0 Å². The zero-order chi connectivity index (χ0) is 9.97. The van der Waals surface area contributed by atoms with Gasteiger partial charge in [0.15, 0.2) is 0 Å². The highest BCUT2D eigenvalue weighted by Crippen LogP contribution is 2.24. The van der Waals surface area contributed by atoms with Gasteiger partial charge >= 0.3 is 0 Å². The van der Waals surface area contributed by atoms with E-state index in [2.05, 4.69) is 11.9 Å². The molecule has 1 aromatic heterocycles. The molecule has 0 spiro atoms. The van der Waals surface area contributed by atoms with Crippen LogP contribution in [0.15, 0.2) is 42.6 Å². The number of halogens is 1. The molecule has 0 radical (unpaired) electrons. The minimum Gasteiger partial charge on any atom is -0.256 e. The average Bonchev–Trinajstić information content (AvgIpc) is 2.23. The highest BCUT2D eigenvalue weighted by atomic mass is 35.5. The first-order valence-electron chi connectivity index (χ1n) is 4.45. The smallest absolute Gasteiger partial charge is 0.0705 e. The normalized spacial score (nSPS) is 10.1.